The summed E-state index contributed by atoms with van der Waals surface area (Å²) in [5.41, 5.74) is 0.969. The van der Waals surface area contributed by atoms with E-state index in [1.807, 2.05) is 0 Å². The predicted molar refractivity (Wildman–Crippen MR) is 79.5 cm³/mol. The number of urea groups is 1. The summed E-state index contributed by atoms with van der Waals surface area (Å²) in [6, 6.07) is 6.22. The number of ether oxygens (including phenoxy) is 1. The van der Waals surface area contributed by atoms with Crippen molar-refractivity contribution in [1.29, 1.82) is 0 Å². The zero-order chi connectivity index (χ0) is 15.5. The van der Waals surface area contributed by atoms with Crippen molar-refractivity contribution in [2.45, 2.75) is 25.4 Å². The second-order valence-electron chi connectivity index (χ2n) is 5.25. The molecule has 0 unspecified atom stereocenters. The predicted octanol–water partition coefficient (Wildman–Crippen LogP) is 1.25. The van der Waals surface area contributed by atoms with E-state index in [-0.39, 0.29) is 18.2 Å². The van der Waals surface area contributed by atoms with E-state index in [0.717, 1.165) is 11.3 Å². The van der Waals surface area contributed by atoms with Gasteiger partial charge in [0.05, 0.1) is 5.69 Å². The summed E-state index contributed by atoms with van der Waals surface area (Å²) < 4.78 is 5.33. The van der Waals surface area contributed by atoms with E-state index in [0.29, 0.717) is 30.9 Å². The molecule has 0 radical (unpaired) electrons. The first-order chi connectivity index (χ1) is 10.6. The van der Waals surface area contributed by atoms with Gasteiger partial charge in [0.2, 0.25) is 5.91 Å². The fraction of sp³-hybridized carbons (Fsp3) is 0.400. The Labute approximate surface area is 127 Å². The van der Waals surface area contributed by atoms with Crippen molar-refractivity contribution in [3.05, 3.63) is 24.3 Å². The van der Waals surface area contributed by atoms with Crippen LogP contribution in [0.1, 0.15) is 19.3 Å². The van der Waals surface area contributed by atoms with Crippen LogP contribution in [0.4, 0.5) is 16.2 Å². The van der Waals surface area contributed by atoms with E-state index in [4.69, 9.17) is 4.74 Å². The van der Waals surface area contributed by atoms with Crippen molar-refractivity contribution in [1.82, 2.24) is 5.32 Å². The van der Waals surface area contributed by atoms with Gasteiger partial charge in [-0.1, -0.05) is 6.07 Å². The van der Waals surface area contributed by atoms with Gasteiger partial charge in [0.15, 0.2) is 0 Å². The highest BCUT2D eigenvalue weighted by Crippen LogP contribution is 2.23. The molecule has 7 heteroatoms. The van der Waals surface area contributed by atoms with Crippen LogP contribution in [0.3, 0.4) is 0 Å². The van der Waals surface area contributed by atoms with Gasteiger partial charge >= 0.3 is 6.03 Å². The monoisotopic (exact) mass is 303 g/mol. The molecule has 116 valence electrons. The molecule has 0 aliphatic carbocycles. The van der Waals surface area contributed by atoms with Crippen LogP contribution in [0.5, 0.6) is 0 Å². The highest BCUT2D eigenvalue weighted by molar-refractivity contribution is 6.16. The summed E-state index contributed by atoms with van der Waals surface area (Å²) in [6.45, 7) is 0.949. The summed E-state index contributed by atoms with van der Waals surface area (Å²) in [7, 11) is 0. The Morgan fingerprint density at radius 1 is 1.36 bits per heavy atom. The Morgan fingerprint density at radius 2 is 2.23 bits per heavy atom. The van der Waals surface area contributed by atoms with Crippen molar-refractivity contribution >= 4 is 29.2 Å². The van der Waals surface area contributed by atoms with Gasteiger partial charge in [-0.25, -0.2) is 9.69 Å². The lowest BCUT2D eigenvalue weighted by Crippen LogP contribution is -2.50. The Balaban J connectivity index is 1.75. The molecule has 2 aliphatic heterocycles. The lowest BCUT2D eigenvalue weighted by Gasteiger charge is -2.26. The van der Waals surface area contributed by atoms with Crippen LogP contribution in [0.25, 0.3) is 0 Å². The third-order valence-corrected chi connectivity index (χ3v) is 3.66. The van der Waals surface area contributed by atoms with Gasteiger partial charge in [0.1, 0.15) is 6.10 Å². The number of imide groups is 1. The van der Waals surface area contributed by atoms with E-state index in [9.17, 15) is 14.4 Å². The molecule has 2 heterocycles. The standard InChI is InChI=1S/C15H17N3O4/c19-13-6-7-16-15(21)18(13)11-4-1-3-10(9-11)17-14(20)12-5-2-8-22-12/h1,3-4,9,12H,2,5-8H2,(H,16,21)(H,17,20)/t12-/m1/s1. The number of carbonyl (C=O) groups excluding carboxylic acids is 3. The molecular weight excluding hydrogens is 286 g/mol. The summed E-state index contributed by atoms with van der Waals surface area (Å²) in [5, 5.41) is 5.38. The molecule has 4 amide bonds. The average Bonchev–Trinajstić information content (AvgIpc) is 3.02. The molecule has 0 bridgehead atoms. The van der Waals surface area contributed by atoms with Crippen molar-refractivity contribution in [3.8, 4) is 0 Å². The SMILES string of the molecule is O=C(Nc1cccc(N2C(=O)CCNC2=O)c1)[C@H]1CCCO1. The minimum absolute atomic E-state index is 0.205. The molecule has 2 N–H and O–H groups in total. The fourth-order valence-corrected chi connectivity index (χ4v) is 2.57. The van der Waals surface area contributed by atoms with Crippen molar-refractivity contribution in [2.75, 3.05) is 23.4 Å². The lowest BCUT2D eigenvalue weighted by molar-refractivity contribution is -0.124. The van der Waals surface area contributed by atoms with E-state index in [1.165, 1.54) is 0 Å². The Bertz CT molecular complexity index is 595. The molecule has 0 spiro atoms. The molecule has 2 saturated heterocycles. The van der Waals surface area contributed by atoms with Gasteiger partial charge < -0.3 is 15.4 Å². The van der Waals surface area contributed by atoms with E-state index < -0.39 is 12.1 Å². The number of nitrogens with zero attached hydrogens (tertiary/aromatic N) is 1. The molecule has 1 atom stereocenters. The first-order valence-electron chi connectivity index (χ1n) is 7.28. The highest BCUT2D eigenvalue weighted by atomic mass is 16.5. The number of nitrogens with one attached hydrogen (secondary N) is 2. The second kappa shape index (κ2) is 6.15. The Hall–Kier alpha value is -2.41. The maximum Gasteiger partial charge on any atom is 0.328 e. The zero-order valence-corrected chi connectivity index (χ0v) is 12.0. The molecule has 3 rings (SSSR count). The molecule has 22 heavy (non-hydrogen) atoms. The first-order valence-corrected chi connectivity index (χ1v) is 7.28. The largest absolute Gasteiger partial charge is 0.368 e. The number of hydrogen-bond donors (Lipinski definition) is 2. The second-order valence-corrected chi connectivity index (χ2v) is 5.25. The third kappa shape index (κ3) is 2.94. The zero-order valence-electron chi connectivity index (χ0n) is 12.0. The summed E-state index contributed by atoms with van der Waals surface area (Å²) in [6.07, 6.45) is 1.42. The van der Waals surface area contributed by atoms with Gasteiger partial charge in [-0.3, -0.25) is 9.59 Å². The van der Waals surface area contributed by atoms with Gasteiger partial charge in [0, 0.05) is 25.3 Å². The van der Waals surface area contributed by atoms with Crippen molar-refractivity contribution in [3.63, 3.8) is 0 Å². The van der Waals surface area contributed by atoms with E-state index >= 15 is 0 Å². The number of hydrogen-bond acceptors (Lipinski definition) is 4. The van der Waals surface area contributed by atoms with E-state index in [1.54, 1.807) is 24.3 Å². The Kier molecular flexibility index (Phi) is 4.06. The maximum atomic E-state index is 12.0. The molecule has 0 aromatic heterocycles. The topological polar surface area (TPSA) is 87.7 Å². The highest BCUT2D eigenvalue weighted by Gasteiger charge is 2.28. The first kappa shape index (κ1) is 14.5. The quantitative estimate of drug-likeness (QED) is 0.879. The Morgan fingerprint density at radius 3 is 2.95 bits per heavy atom. The average molecular weight is 303 g/mol. The molecule has 2 fully saturated rings. The van der Waals surface area contributed by atoms with Gasteiger partial charge in [-0.15, -0.1) is 0 Å². The van der Waals surface area contributed by atoms with Gasteiger partial charge in [0.25, 0.3) is 5.91 Å². The van der Waals surface area contributed by atoms with Crippen LogP contribution in [0.2, 0.25) is 0 Å². The van der Waals surface area contributed by atoms with Crippen LogP contribution in [-0.2, 0) is 14.3 Å². The summed E-state index contributed by atoms with van der Waals surface area (Å²) in [4.78, 5) is 36.9. The smallest absolute Gasteiger partial charge is 0.328 e. The molecular formula is C15H17N3O4. The fourth-order valence-electron chi connectivity index (χ4n) is 2.57. The summed E-state index contributed by atoms with van der Waals surface area (Å²) >= 11 is 0. The van der Waals surface area contributed by atoms with Crippen molar-refractivity contribution < 1.29 is 19.1 Å². The van der Waals surface area contributed by atoms with Crippen LogP contribution in [0, 0.1) is 0 Å². The van der Waals surface area contributed by atoms with Gasteiger partial charge in [-0.2, -0.15) is 0 Å². The van der Waals surface area contributed by atoms with Crippen LogP contribution in [0.15, 0.2) is 24.3 Å². The minimum Gasteiger partial charge on any atom is -0.368 e. The lowest BCUT2D eigenvalue weighted by atomic mass is 10.2. The van der Waals surface area contributed by atoms with E-state index in [2.05, 4.69) is 10.6 Å². The normalized spacial score (nSPS) is 21.6. The number of anilines is 2. The van der Waals surface area contributed by atoms with Gasteiger partial charge in [-0.05, 0) is 31.0 Å². The minimum atomic E-state index is -0.446. The third-order valence-electron chi connectivity index (χ3n) is 3.66. The van der Waals surface area contributed by atoms with Crippen LogP contribution >= 0.6 is 0 Å². The number of carbonyl (C=O) groups is 3. The maximum absolute atomic E-state index is 12.0. The van der Waals surface area contributed by atoms with Crippen molar-refractivity contribution in [2.24, 2.45) is 0 Å². The summed E-state index contributed by atoms with van der Waals surface area (Å²) in [5.74, 6) is -0.463. The van der Waals surface area contributed by atoms with Crippen LogP contribution in [-0.4, -0.2) is 37.1 Å². The van der Waals surface area contributed by atoms with Crippen LogP contribution < -0.4 is 15.5 Å². The number of amides is 4. The number of benzene rings is 1. The molecule has 1 aromatic rings. The molecule has 7 nitrogen and oxygen atoms in total. The molecule has 2 aliphatic rings. The number of rotatable bonds is 3. The molecule has 1 aromatic carbocycles. The molecule has 0 saturated carbocycles.